The number of rotatable bonds is 8. The van der Waals surface area contributed by atoms with Crippen molar-refractivity contribution in [2.75, 3.05) is 27.8 Å². The lowest BCUT2D eigenvalue weighted by Crippen LogP contribution is -2.22. The molecule has 1 aromatic heterocycles. The van der Waals surface area contributed by atoms with Gasteiger partial charge in [-0.1, -0.05) is 0 Å². The molecule has 3 rings (SSSR count). The van der Waals surface area contributed by atoms with Crippen LogP contribution in [0.4, 0.5) is 0 Å². The number of sulfonamides is 1. The quantitative estimate of drug-likeness (QED) is 0.370. The highest BCUT2D eigenvalue weighted by Crippen LogP contribution is 2.23. The summed E-state index contributed by atoms with van der Waals surface area (Å²) in [5.74, 6) is -0.305. The Morgan fingerprint density at radius 2 is 1.58 bits per heavy atom. The van der Waals surface area contributed by atoms with E-state index < -0.39 is 22.6 Å². The predicted molar refractivity (Wildman–Crippen MR) is 124 cm³/mol. The van der Waals surface area contributed by atoms with Crippen LogP contribution in [0, 0.1) is 13.8 Å². The monoisotopic (exact) mass is 470 g/mol. The van der Waals surface area contributed by atoms with E-state index in [1.54, 1.807) is 13.2 Å². The van der Waals surface area contributed by atoms with Gasteiger partial charge in [-0.05, 0) is 68.4 Å². The molecule has 33 heavy (non-hydrogen) atoms. The molecule has 0 aliphatic rings. The van der Waals surface area contributed by atoms with E-state index in [-0.39, 0.29) is 16.2 Å². The van der Waals surface area contributed by atoms with Crippen LogP contribution in [0.25, 0.3) is 5.69 Å². The lowest BCUT2D eigenvalue weighted by molar-refractivity contribution is 0.0474. The maximum Gasteiger partial charge on any atom is 0.338 e. The molecule has 0 bridgehead atoms. The molecule has 0 aliphatic carbocycles. The molecule has 0 fully saturated rings. The van der Waals surface area contributed by atoms with Crippen LogP contribution in [-0.2, 0) is 14.8 Å². The number of carbonyl (C=O) groups is 2. The van der Waals surface area contributed by atoms with Crippen molar-refractivity contribution in [2.24, 2.45) is 0 Å². The SMILES string of the molecule is COc1ccc(-n2c(C)cc(C(=O)COC(=O)c3ccc(S(=O)(=O)N(C)C)cc3)c2C)cc1. The minimum absolute atomic E-state index is 0.0612. The van der Waals surface area contributed by atoms with Crippen molar-refractivity contribution in [3.8, 4) is 11.4 Å². The maximum atomic E-state index is 12.8. The predicted octanol–water partition coefficient (Wildman–Crippen LogP) is 3.39. The molecular formula is C24H26N2O6S. The first-order chi connectivity index (χ1) is 15.6. The Bertz CT molecular complexity index is 1270. The van der Waals surface area contributed by atoms with E-state index in [9.17, 15) is 18.0 Å². The van der Waals surface area contributed by atoms with Gasteiger partial charge in [0.2, 0.25) is 15.8 Å². The molecule has 0 unspecified atom stereocenters. The van der Waals surface area contributed by atoms with Crippen molar-refractivity contribution < 1.29 is 27.5 Å². The molecule has 8 nitrogen and oxygen atoms in total. The number of Topliss-reactive ketones (excluding diaryl/α,β-unsaturated/α-hetero) is 1. The van der Waals surface area contributed by atoms with Gasteiger partial charge in [-0.25, -0.2) is 17.5 Å². The van der Waals surface area contributed by atoms with E-state index >= 15 is 0 Å². The van der Waals surface area contributed by atoms with Crippen molar-refractivity contribution in [3.63, 3.8) is 0 Å². The topological polar surface area (TPSA) is 94.9 Å². The molecule has 174 valence electrons. The molecule has 3 aromatic rings. The number of benzene rings is 2. The molecule has 0 radical (unpaired) electrons. The van der Waals surface area contributed by atoms with Gasteiger partial charge in [0.1, 0.15) is 5.75 Å². The molecule has 9 heteroatoms. The number of hydrogen-bond donors (Lipinski definition) is 0. The average molecular weight is 471 g/mol. The normalized spacial score (nSPS) is 11.5. The number of ketones is 1. The summed E-state index contributed by atoms with van der Waals surface area (Å²) in [5.41, 5.74) is 3.10. The first-order valence-electron chi connectivity index (χ1n) is 10.1. The summed E-state index contributed by atoms with van der Waals surface area (Å²) >= 11 is 0. The summed E-state index contributed by atoms with van der Waals surface area (Å²) in [4.78, 5) is 25.2. The molecule has 0 spiro atoms. The van der Waals surface area contributed by atoms with Crippen LogP contribution in [0.15, 0.2) is 59.5 Å². The summed E-state index contributed by atoms with van der Waals surface area (Å²) < 4.78 is 37.7. The number of methoxy groups -OCH3 is 1. The molecule has 0 N–H and O–H groups in total. The fourth-order valence-electron chi connectivity index (χ4n) is 3.44. The largest absolute Gasteiger partial charge is 0.497 e. The highest BCUT2D eigenvalue weighted by Gasteiger charge is 2.20. The second-order valence-corrected chi connectivity index (χ2v) is 9.78. The first-order valence-corrected chi connectivity index (χ1v) is 11.6. The molecule has 2 aromatic carbocycles. The van der Waals surface area contributed by atoms with Crippen LogP contribution in [0.5, 0.6) is 5.75 Å². The molecule has 0 aliphatic heterocycles. The molecule has 0 atom stereocenters. The maximum absolute atomic E-state index is 12.8. The molecular weight excluding hydrogens is 444 g/mol. The number of aryl methyl sites for hydroxylation is 1. The van der Waals surface area contributed by atoms with Crippen molar-refractivity contribution in [2.45, 2.75) is 18.7 Å². The zero-order valence-corrected chi connectivity index (χ0v) is 20.0. The standard InChI is InChI=1S/C24H26N2O6S/c1-16-14-22(17(2)26(16)19-8-10-20(31-5)11-9-19)23(27)15-32-24(28)18-6-12-21(13-7-18)33(29,30)25(3)4/h6-14H,15H2,1-5H3. The first kappa shape index (κ1) is 24.2. The summed E-state index contributed by atoms with van der Waals surface area (Å²) in [6, 6.07) is 14.6. The number of carbonyl (C=O) groups excluding carboxylic acids is 2. The van der Waals surface area contributed by atoms with E-state index in [2.05, 4.69) is 0 Å². The highest BCUT2D eigenvalue weighted by atomic mass is 32.2. The lowest BCUT2D eigenvalue weighted by atomic mass is 10.1. The number of esters is 1. The minimum atomic E-state index is -3.60. The van der Waals surface area contributed by atoms with Gasteiger partial charge in [0.15, 0.2) is 6.61 Å². The highest BCUT2D eigenvalue weighted by molar-refractivity contribution is 7.89. The Morgan fingerprint density at radius 3 is 2.12 bits per heavy atom. The summed E-state index contributed by atoms with van der Waals surface area (Å²) in [6.45, 7) is 3.29. The second-order valence-electron chi connectivity index (χ2n) is 7.63. The zero-order valence-electron chi connectivity index (χ0n) is 19.2. The molecule has 0 saturated carbocycles. The van der Waals surface area contributed by atoms with Crippen molar-refractivity contribution in [1.29, 1.82) is 0 Å². The molecule has 0 amide bonds. The van der Waals surface area contributed by atoms with E-state index in [0.29, 0.717) is 5.56 Å². The van der Waals surface area contributed by atoms with E-state index in [0.717, 1.165) is 27.1 Å². The molecule has 0 saturated heterocycles. The number of hydrogen-bond acceptors (Lipinski definition) is 6. The number of nitrogens with zero attached hydrogens (tertiary/aromatic N) is 2. The van der Waals surface area contributed by atoms with Crippen LogP contribution in [0.3, 0.4) is 0 Å². The summed E-state index contributed by atoms with van der Waals surface area (Å²) in [5, 5.41) is 0. The van der Waals surface area contributed by atoms with Gasteiger partial charge in [0.25, 0.3) is 0 Å². The van der Waals surface area contributed by atoms with E-state index in [1.807, 2.05) is 42.7 Å². The lowest BCUT2D eigenvalue weighted by Gasteiger charge is -2.11. The third-order valence-corrected chi connectivity index (χ3v) is 7.09. The van der Waals surface area contributed by atoms with Gasteiger partial charge in [-0.3, -0.25) is 4.79 Å². The van der Waals surface area contributed by atoms with E-state index in [4.69, 9.17) is 9.47 Å². The van der Waals surface area contributed by atoms with Crippen LogP contribution in [0.1, 0.15) is 32.1 Å². The number of aromatic nitrogens is 1. The Kier molecular flexibility index (Phi) is 7.04. The van der Waals surface area contributed by atoms with Crippen LogP contribution in [-0.4, -0.2) is 56.9 Å². The fourth-order valence-corrected chi connectivity index (χ4v) is 4.34. The van der Waals surface area contributed by atoms with Crippen molar-refractivity contribution in [3.05, 3.63) is 77.1 Å². The van der Waals surface area contributed by atoms with Gasteiger partial charge >= 0.3 is 5.97 Å². The molecule has 1 heterocycles. The number of ether oxygens (including phenoxy) is 2. The van der Waals surface area contributed by atoms with E-state index in [1.165, 1.54) is 38.4 Å². The van der Waals surface area contributed by atoms with Crippen LogP contribution < -0.4 is 4.74 Å². The minimum Gasteiger partial charge on any atom is -0.497 e. The Morgan fingerprint density at radius 1 is 0.970 bits per heavy atom. The fraction of sp³-hybridized carbons (Fsp3) is 0.250. The smallest absolute Gasteiger partial charge is 0.338 e. The average Bonchev–Trinajstić information content (AvgIpc) is 3.11. The Balaban J connectivity index is 1.71. The van der Waals surface area contributed by atoms with Crippen LogP contribution in [0.2, 0.25) is 0 Å². The van der Waals surface area contributed by atoms with Gasteiger partial charge < -0.3 is 14.0 Å². The third kappa shape index (κ3) is 4.99. The zero-order chi connectivity index (χ0) is 24.3. The summed E-state index contributed by atoms with van der Waals surface area (Å²) in [6.07, 6.45) is 0. The van der Waals surface area contributed by atoms with Gasteiger partial charge in [-0.2, -0.15) is 0 Å². The Labute approximate surface area is 193 Å². The van der Waals surface area contributed by atoms with Crippen LogP contribution >= 0.6 is 0 Å². The van der Waals surface area contributed by atoms with Crippen molar-refractivity contribution >= 4 is 21.8 Å². The Hall–Kier alpha value is -3.43. The van der Waals surface area contributed by atoms with Gasteiger partial charge in [0, 0.05) is 36.7 Å². The summed E-state index contributed by atoms with van der Waals surface area (Å²) in [7, 11) is 0.850. The van der Waals surface area contributed by atoms with Crippen molar-refractivity contribution in [1.82, 2.24) is 8.87 Å². The van der Waals surface area contributed by atoms with Gasteiger partial charge in [-0.15, -0.1) is 0 Å². The third-order valence-electron chi connectivity index (χ3n) is 5.27. The second kappa shape index (κ2) is 9.60. The van der Waals surface area contributed by atoms with Gasteiger partial charge in [0.05, 0.1) is 17.6 Å².